The van der Waals surface area contributed by atoms with Gasteiger partial charge < -0.3 is 10.6 Å². The molecule has 0 saturated carbocycles. The summed E-state index contributed by atoms with van der Waals surface area (Å²) in [6.45, 7) is 0.903. The Kier molecular flexibility index (Phi) is 3.60. The molecule has 3 rings (SSSR count). The summed E-state index contributed by atoms with van der Waals surface area (Å²) in [5.74, 6) is 0.292. The summed E-state index contributed by atoms with van der Waals surface area (Å²) in [5.41, 5.74) is 5.30. The number of anilines is 1. The minimum Gasteiger partial charge on any atom is -0.365 e. The van der Waals surface area contributed by atoms with Crippen molar-refractivity contribution in [3.05, 3.63) is 34.5 Å². The Morgan fingerprint density at radius 3 is 2.80 bits per heavy atom. The van der Waals surface area contributed by atoms with E-state index in [0.29, 0.717) is 10.8 Å². The Labute approximate surface area is 120 Å². The second-order valence-electron chi connectivity index (χ2n) is 4.68. The van der Waals surface area contributed by atoms with Crippen LogP contribution in [-0.2, 0) is 0 Å². The van der Waals surface area contributed by atoms with Gasteiger partial charge in [-0.3, -0.25) is 4.79 Å². The maximum Gasteiger partial charge on any atom is 0.260 e. The number of amides is 1. The van der Waals surface area contributed by atoms with Gasteiger partial charge in [0.15, 0.2) is 0 Å². The number of nitrogens with zero attached hydrogens (tertiary/aromatic N) is 4. The molecule has 3 heterocycles. The zero-order chi connectivity index (χ0) is 13.9. The number of primary amides is 1. The Bertz CT molecular complexity index is 600. The molecule has 1 saturated heterocycles. The molecule has 0 radical (unpaired) electrons. The van der Waals surface area contributed by atoms with Gasteiger partial charge in [-0.05, 0) is 25.3 Å². The molecule has 104 valence electrons. The monoisotopic (exact) mass is 289 g/mol. The molecule has 2 aromatic rings. The van der Waals surface area contributed by atoms with Crippen LogP contribution < -0.4 is 10.6 Å². The van der Waals surface area contributed by atoms with Crippen LogP contribution in [0.5, 0.6) is 0 Å². The van der Waals surface area contributed by atoms with Crippen molar-refractivity contribution < 1.29 is 4.79 Å². The van der Waals surface area contributed by atoms with Gasteiger partial charge in [0, 0.05) is 18.9 Å². The number of aromatic nitrogens is 3. The molecule has 0 bridgehead atoms. The highest BCUT2D eigenvalue weighted by Crippen LogP contribution is 2.35. The van der Waals surface area contributed by atoms with E-state index in [4.69, 9.17) is 5.73 Å². The van der Waals surface area contributed by atoms with Gasteiger partial charge in [0.2, 0.25) is 5.95 Å². The number of piperidine rings is 1. The van der Waals surface area contributed by atoms with Gasteiger partial charge in [-0.1, -0.05) is 0 Å². The summed E-state index contributed by atoms with van der Waals surface area (Å²) < 4.78 is 0. The Balaban J connectivity index is 1.90. The van der Waals surface area contributed by atoms with Crippen molar-refractivity contribution in [1.29, 1.82) is 0 Å². The molecule has 1 unspecified atom stereocenters. The lowest BCUT2D eigenvalue weighted by molar-refractivity contribution is 0.100. The van der Waals surface area contributed by atoms with Crippen molar-refractivity contribution >= 4 is 23.2 Å². The predicted octanol–water partition coefficient (Wildman–Crippen LogP) is 1.76. The van der Waals surface area contributed by atoms with Crippen LogP contribution in [0.1, 0.15) is 40.0 Å². The van der Waals surface area contributed by atoms with Crippen LogP contribution in [0.25, 0.3) is 0 Å². The predicted molar refractivity (Wildman–Crippen MR) is 76.6 cm³/mol. The SMILES string of the molecule is NC(=O)c1cnc(C2CCCCN2c2ncccn2)s1. The van der Waals surface area contributed by atoms with E-state index in [1.807, 2.05) is 0 Å². The third-order valence-corrected chi connectivity index (χ3v) is 4.48. The molecule has 0 aromatic carbocycles. The van der Waals surface area contributed by atoms with E-state index in [2.05, 4.69) is 19.9 Å². The number of hydrogen-bond acceptors (Lipinski definition) is 6. The molecule has 20 heavy (non-hydrogen) atoms. The summed E-state index contributed by atoms with van der Waals surface area (Å²) >= 11 is 1.36. The smallest absolute Gasteiger partial charge is 0.260 e. The average Bonchev–Trinajstić information content (AvgIpc) is 2.98. The number of hydrogen-bond donors (Lipinski definition) is 1. The molecule has 6 nitrogen and oxygen atoms in total. The molecular formula is C13H15N5OS. The van der Waals surface area contributed by atoms with E-state index in [-0.39, 0.29) is 6.04 Å². The van der Waals surface area contributed by atoms with Crippen LogP contribution in [0, 0.1) is 0 Å². The van der Waals surface area contributed by atoms with Crippen LogP contribution >= 0.6 is 11.3 Å². The van der Waals surface area contributed by atoms with Crippen molar-refractivity contribution in [3.8, 4) is 0 Å². The molecule has 1 atom stereocenters. The highest BCUT2D eigenvalue weighted by molar-refractivity contribution is 7.13. The molecule has 0 spiro atoms. The lowest BCUT2D eigenvalue weighted by Crippen LogP contribution is -2.34. The molecule has 0 aliphatic carbocycles. The molecular weight excluding hydrogens is 274 g/mol. The number of thiazole rings is 1. The highest BCUT2D eigenvalue weighted by Gasteiger charge is 2.28. The Morgan fingerprint density at radius 1 is 1.30 bits per heavy atom. The first-order valence-electron chi connectivity index (χ1n) is 6.55. The quantitative estimate of drug-likeness (QED) is 0.930. The third kappa shape index (κ3) is 2.49. The number of nitrogens with two attached hydrogens (primary N) is 1. The standard InChI is InChI=1S/C13H15N5OS/c14-11(19)10-8-17-12(20-10)9-4-1-2-7-18(9)13-15-5-3-6-16-13/h3,5-6,8-9H,1-2,4,7H2,(H2,14,19). The van der Waals surface area contributed by atoms with Crippen molar-refractivity contribution in [2.45, 2.75) is 25.3 Å². The molecule has 1 fully saturated rings. The van der Waals surface area contributed by atoms with E-state index in [0.717, 1.165) is 30.8 Å². The van der Waals surface area contributed by atoms with E-state index < -0.39 is 5.91 Å². The van der Waals surface area contributed by atoms with Crippen molar-refractivity contribution in [2.75, 3.05) is 11.4 Å². The molecule has 2 aromatic heterocycles. The second-order valence-corrected chi connectivity index (χ2v) is 5.74. The first-order valence-corrected chi connectivity index (χ1v) is 7.36. The molecule has 1 aliphatic rings. The number of carbonyl (C=O) groups excluding carboxylic acids is 1. The van der Waals surface area contributed by atoms with Gasteiger partial charge in [-0.25, -0.2) is 15.0 Å². The topological polar surface area (TPSA) is 85.0 Å². The fraction of sp³-hybridized carbons (Fsp3) is 0.385. The zero-order valence-electron chi connectivity index (χ0n) is 10.9. The van der Waals surface area contributed by atoms with Crippen molar-refractivity contribution in [1.82, 2.24) is 15.0 Å². The minimum atomic E-state index is -0.424. The maximum absolute atomic E-state index is 11.2. The zero-order valence-corrected chi connectivity index (χ0v) is 11.7. The number of rotatable bonds is 3. The average molecular weight is 289 g/mol. The van der Waals surface area contributed by atoms with Crippen LogP contribution in [0.15, 0.2) is 24.7 Å². The van der Waals surface area contributed by atoms with E-state index >= 15 is 0 Å². The largest absolute Gasteiger partial charge is 0.365 e. The highest BCUT2D eigenvalue weighted by atomic mass is 32.1. The molecule has 1 amide bonds. The number of carbonyl (C=O) groups is 1. The lowest BCUT2D eigenvalue weighted by atomic mass is 10.0. The fourth-order valence-electron chi connectivity index (χ4n) is 2.42. The summed E-state index contributed by atoms with van der Waals surface area (Å²) in [6, 6.07) is 1.93. The summed E-state index contributed by atoms with van der Waals surface area (Å²) in [7, 11) is 0. The van der Waals surface area contributed by atoms with Gasteiger partial charge in [0.1, 0.15) is 9.88 Å². The Morgan fingerprint density at radius 2 is 2.10 bits per heavy atom. The van der Waals surface area contributed by atoms with Gasteiger partial charge in [-0.2, -0.15) is 0 Å². The summed E-state index contributed by atoms with van der Waals surface area (Å²) in [4.78, 5) is 26.9. The maximum atomic E-state index is 11.2. The lowest BCUT2D eigenvalue weighted by Gasteiger charge is -2.34. The van der Waals surface area contributed by atoms with E-state index in [1.165, 1.54) is 11.3 Å². The fourth-order valence-corrected chi connectivity index (χ4v) is 3.34. The third-order valence-electron chi connectivity index (χ3n) is 3.36. The van der Waals surface area contributed by atoms with Crippen LogP contribution in [0.2, 0.25) is 0 Å². The van der Waals surface area contributed by atoms with Gasteiger partial charge in [-0.15, -0.1) is 11.3 Å². The first-order chi connectivity index (χ1) is 9.75. The normalized spacial score (nSPS) is 19.0. The van der Waals surface area contributed by atoms with Crippen molar-refractivity contribution in [3.63, 3.8) is 0 Å². The second kappa shape index (κ2) is 5.54. The van der Waals surface area contributed by atoms with Gasteiger partial charge in [0.05, 0.1) is 12.2 Å². The van der Waals surface area contributed by atoms with Crippen LogP contribution in [0.3, 0.4) is 0 Å². The van der Waals surface area contributed by atoms with E-state index in [9.17, 15) is 4.79 Å². The molecule has 2 N–H and O–H groups in total. The molecule has 1 aliphatic heterocycles. The van der Waals surface area contributed by atoms with Crippen LogP contribution in [0.4, 0.5) is 5.95 Å². The van der Waals surface area contributed by atoms with Gasteiger partial charge in [0.25, 0.3) is 5.91 Å². The first kappa shape index (κ1) is 13.0. The Hall–Kier alpha value is -2.02. The van der Waals surface area contributed by atoms with Crippen molar-refractivity contribution in [2.24, 2.45) is 5.73 Å². The summed E-state index contributed by atoms with van der Waals surface area (Å²) in [6.07, 6.45) is 8.28. The minimum absolute atomic E-state index is 0.129. The van der Waals surface area contributed by atoms with E-state index in [1.54, 1.807) is 24.7 Å². The summed E-state index contributed by atoms with van der Waals surface area (Å²) in [5, 5.41) is 0.908. The van der Waals surface area contributed by atoms with Crippen LogP contribution in [-0.4, -0.2) is 27.4 Å². The van der Waals surface area contributed by atoms with Gasteiger partial charge >= 0.3 is 0 Å². The molecule has 7 heteroatoms.